The molecule has 3 aromatic rings. The Balaban J connectivity index is 1.81. The molecule has 30 heavy (non-hydrogen) atoms. The maximum atomic E-state index is 9.84. The SMILES string of the molecule is CSc1ccc(C2C(C#N)=C(N)Oc3n[nH]c(-c4ccc(CC(C)C)cc4)c32)cc1. The molecule has 1 atom stereocenters. The third-order valence-corrected chi connectivity index (χ3v) is 6.02. The van der Waals surface area contributed by atoms with E-state index in [1.165, 1.54) is 5.56 Å². The predicted octanol–water partition coefficient (Wildman–Crippen LogP) is 5.22. The van der Waals surface area contributed by atoms with E-state index in [9.17, 15) is 5.26 Å². The molecule has 1 aliphatic heterocycles. The van der Waals surface area contributed by atoms with E-state index >= 15 is 0 Å². The normalized spacial score (nSPS) is 15.6. The lowest BCUT2D eigenvalue weighted by Gasteiger charge is -2.24. The van der Waals surface area contributed by atoms with Gasteiger partial charge in [-0.3, -0.25) is 5.10 Å². The van der Waals surface area contributed by atoms with Crippen molar-refractivity contribution >= 4 is 11.8 Å². The van der Waals surface area contributed by atoms with Crippen LogP contribution in [-0.2, 0) is 6.42 Å². The van der Waals surface area contributed by atoms with E-state index in [2.05, 4.69) is 66.5 Å². The Morgan fingerprint density at radius 1 is 1.17 bits per heavy atom. The first-order chi connectivity index (χ1) is 14.5. The molecule has 152 valence electrons. The summed E-state index contributed by atoms with van der Waals surface area (Å²) in [5.41, 5.74) is 11.5. The molecule has 0 bridgehead atoms. The standard InChI is InChI=1S/C24H24N4OS/c1-14(2)12-15-4-6-17(7-5-15)22-21-20(16-8-10-18(30-3)11-9-16)19(13-25)23(26)29-24(21)28-27-22/h4-11,14,20H,12,26H2,1-3H3,(H,27,28). The van der Waals surface area contributed by atoms with Crippen LogP contribution in [0.4, 0.5) is 0 Å². The lowest BCUT2D eigenvalue weighted by Crippen LogP contribution is -2.20. The zero-order valence-electron chi connectivity index (χ0n) is 17.3. The van der Waals surface area contributed by atoms with Gasteiger partial charge in [0.15, 0.2) is 0 Å². The molecule has 0 fully saturated rings. The Labute approximate surface area is 181 Å². The molecule has 1 aromatic heterocycles. The molecule has 0 saturated heterocycles. The molecule has 0 aliphatic carbocycles. The van der Waals surface area contributed by atoms with Gasteiger partial charge in [-0.15, -0.1) is 16.9 Å². The third-order valence-electron chi connectivity index (χ3n) is 5.27. The van der Waals surface area contributed by atoms with Crippen LogP contribution in [-0.4, -0.2) is 16.5 Å². The fraction of sp³-hybridized carbons (Fsp3) is 0.250. The molecule has 1 unspecified atom stereocenters. The fourth-order valence-electron chi connectivity index (χ4n) is 3.87. The van der Waals surface area contributed by atoms with Crippen molar-refractivity contribution in [1.29, 1.82) is 5.26 Å². The second-order valence-electron chi connectivity index (χ2n) is 7.81. The number of thioether (sulfide) groups is 1. The number of hydrogen-bond acceptors (Lipinski definition) is 5. The summed E-state index contributed by atoms with van der Waals surface area (Å²) in [5.74, 6) is 0.795. The number of ether oxygens (including phenoxy) is 1. The highest BCUT2D eigenvalue weighted by atomic mass is 32.2. The van der Waals surface area contributed by atoms with Crippen molar-refractivity contribution in [3.8, 4) is 23.2 Å². The largest absolute Gasteiger partial charge is 0.420 e. The highest BCUT2D eigenvalue weighted by Gasteiger charge is 2.35. The molecular weight excluding hydrogens is 392 g/mol. The van der Waals surface area contributed by atoms with Crippen LogP contribution < -0.4 is 10.5 Å². The first-order valence-corrected chi connectivity index (χ1v) is 11.1. The van der Waals surface area contributed by atoms with Crippen molar-refractivity contribution in [3.05, 3.63) is 76.7 Å². The average molecular weight is 417 g/mol. The quantitative estimate of drug-likeness (QED) is 0.557. The Bertz CT molecular complexity index is 1120. The number of nitrogens with zero attached hydrogens (tertiary/aromatic N) is 2. The molecule has 0 saturated carbocycles. The second kappa shape index (κ2) is 8.29. The first kappa shape index (κ1) is 20.1. The molecule has 0 amide bonds. The van der Waals surface area contributed by atoms with Crippen LogP contribution in [0.25, 0.3) is 11.3 Å². The third kappa shape index (κ3) is 3.69. The van der Waals surface area contributed by atoms with E-state index in [0.717, 1.165) is 33.7 Å². The zero-order valence-corrected chi connectivity index (χ0v) is 18.1. The highest BCUT2D eigenvalue weighted by Crippen LogP contribution is 2.45. The highest BCUT2D eigenvalue weighted by molar-refractivity contribution is 7.98. The molecule has 2 heterocycles. The molecule has 1 aliphatic rings. The summed E-state index contributed by atoms with van der Waals surface area (Å²) in [7, 11) is 0. The van der Waals surface area contributed by atoms with Crippen LogP contribution in [0.15, 0.2) is 64.9 Å². The Morgan fingerprint density at radius 3 is 2.47 bits per heavy atom. The summed E-state index contributed by atoms with van der Waals surface area (Å²) in [4.78, 5) is 1.16. The summed E-state index contributed by atoms with van der Waals surface area (Å²) in [6.45, 7) is 4.42. The van der Waals surface area contributed by atoms with Gasteiger partial charge in [-0.1, -0.05) is 50.2 Å². The number of aromatic amines is 1. The second-order valence-corrected chi connectivity index (χ2v) is 8.69. The number of allylic oxidation sites excluding steroid dienone is 1. The van der Waals surface area contributed by atoms with Crippen molar-refractivity contribution in [2.24, 2.45) is 11.7 Å². The molecule has 4 rings (SSSR count). The lowest BCUT2D eigenvalue weighted by atomic mass is 9.83. The number of fused-ring (bicyclic) bond motifs is 1. The van der Waals surface area contributed by atoms with Crippen molar-refractivity contribution in [3.63, 3.8) is 0 Å². The van der Waals surface area contributed by atoms with Gasteiger partial charge in [0.25, 0.3) is 0 Å². The minimum Gasteiger partial charge on any atom is -0.420 e. The molecule has 0 radical (unpaired) electrons. The van der Waals surface area contributed by atoms with E-state index in [-0.39, 0.29) is 11.8 Å². The molecule has 6 heteroatoms. The summed E-state index contributed by atoms with van der Waals surface area (Å²) >= 11 is 1.68. The summed E-state index contributed by atoms with van der Waals surface area (Å²) in [6, 6.07) is 18.9. The van der Waals surface area contributed by atoms with Crippen LogP contribution in [0.1, 0.15) is 36.5 Å². The van der Waals surface area contributed by atoms with Crippen LogP contribution in [0.2, 0.25) is 0 Å². The van der Waals surface area contributed by atoms with Crippen LogP contribution in [0.3, 0.4) is 0 Å². The van der Waals surface area contributed by atoms with Gasteiger partial charge in [0.1, 0.15) is 11.6 Å². The van der Waals surface area contributed by atoms with Gasteiger partial charge >= 0.3 is 0 Å². The van der Waals surface area contributed by atoms with Gasteiger partial charge in [0, 0.05) is 10.5 Å². The van der Waals surface area contributed by atoms with E-state index in [1.807, 2.05) is 18.4 Å². The molecular formula is C24H24N4OS. The van der Waals surface area contributed by atoms with Crippen LogP contribution in [0.5, 0.6) is 5.88 Å². The van der Waals surface area contributed by atoms with Gasteiger partial charge in [0.05, 0.1) is 17.2 Å². The molecule has 0 spiro atoms. The number of H-pyrrole nitrogens is 1. The summed E-state index contributed by atoms with van der Waals surface area (Å²) in [6.07, 6.45) is 3.07. The van der Waals surface area contributed by atoms with Gasteiger partial charge in [-0.25, -0.2) is 0 Å². The Hall–Kier alpha value is -3.17. The van der Waals surface area contributed by atoms with E-state index < -0.39 is 0 Å². The van der Waals surface area contributed by atoms with E-state index in [0.29, 0.717) is 17.4 Å². The minimum absolute atomic E-state index is 0.106. The zero-order chi connectivity index (χ0) is 21.3. The number of nitrogens with two attached hydrogens (primary N) is 1. The number of benzene rings is 2. The first-order valence-electron chi connectivity index (χ1n) is 9.91. The minimum atomic E-state index is -0.334. The van der Waals surface area contributed by atoms with Gasteiger partial charge in [-0.05, 0) is 41.9 Å². The number of hydrogen-bond donors (Lipinski definition) is 2. The monoisotopic (exact) mass is 416 g/mol. The topological polar surface area (TPSA) is 87.7 Å². The summed E-state index contributed by atoms with van der Waals surface area (Å²) < 4.78 is 5.70. The smallest absolute Gasteiger partial charge is 0.244 e. The van der Waals surface area contributed by atoms with E-state index in [1.54, 1.807) is 11.8 Å². The maximum Gasteiger partial charge on any atom is 0.244 e. The summed E-state index contributed by atoms with van der Waals surface area (Å²) in [5, 5.41) is 17.3. The van der Waals surface area contributed by atoms with Gasteiger partial charge < -0.3 is 10.5 Å². The van der Waals surface area contributed by atoms with Crippen molar-refractivity contribution in [1.82, 2.24) is 10.2 Å². The Morgan fingerprint density at radius 2 is 1.87 bits per heavy atom. The number of aromatic nitrogens is 2. The fourth-order valence-corrected chi connectivity index (χ4v) is 4.28. The van der Waals surface area contributed by atoms with Crippen LogP contribution in [0, 0.1) is 17.2 Å². The molecule has 5 nitrogen and oxygen atoms in total. The molecule has 2 aromatic carbocycles. The molecule has 3 N–H and O–H groups in total. The number of nitriles is 1. The number of rotatable bonds is 5. The average Bonchev–Trinajstić information content (AvgIpc) is 3.16. The number of nitrogens with one attached hydrogen (secondary N) is 1. The van der Waals surface area contributed by atoms with Gasteiger partial charge in [-0.2, -0.15) is 5.26 Å². The maximum absolute atomic E-state index is 9.84. The van der Waals surface area contributed by atoms with Crippen molar-refractivity contribution in [2.45, 2.75) is 31.1 Å². The predicted molar refractivity (Wildman–Crippen MR) is 120 cm³/mol. The van der Waals surface area contributed by atoms with Crippen LogP contribution >= 0.6 is 11.8 Å². The van der Waals surface area contributed by atoms with Crippen molar-refractivity contribution < 1.29 is 4.74 Å². The van der Waals surface area contributed by atoms with Crippen molar-refractivity contribution in [2.75, 3.05) is 6.26 Å². The lowest BCUT2D eigenvalue weighted by molar-refractivity contribution is 0.379. The van der Waals surface area contributed by atoms with E-state index in [4.69, 9.17) is 10.5 Å². The Kier molecular flexibility index (Phi) is 5.56. The van der Waals surface area contributed by atoms with Gasteiger partial charge in [0.2, 0.25) is 11.8 Å².